The van der Waals surface area contributed by atoms with Gasteiger partial charge < -0.3 is 10.1 Å². The molecule has 1 saturated heterocycles. The van der Waals surface area contributed by atoms with Crippen LogP contribution in [0.4, 0.5) is 16.2 Å². The SMILES string of the molecule is Cc1ccc(N2C(=O)NC(=O)/C(=C\c3cc(Br)cc(Br)c3OCC(=O)Nc3ccccc3C)C2=O)cc1Cl. The highest BCUT2D eigenvalue weighted by Crippen LogP contribution is 2.35. The summed E-state index contributed by atoms with van der Waals surface area (Å²) in [6.07, 6.45) is 1.30. The number of ether oxygens (including phenoxy) is 1. The van der Waals surface area contributed by atoms with E-state index in [1.54, 1.807) is 37.3 Å². The van der Waals surface area contributed by atoms with Crippen LogP contribution in [0.5, 0.6) is 5.75 Å². The first-order valence-electron chi connectivity index (χ1n) is 11.2. The van der Waals surface area contributed by atoms with E-state index in [1.807, 2.05) is 25.1 Å². The van der Waals surface area contributed by atoms with Crippen LogP contribution in [-0.4, -0.2) is 30.4 Å². The van der Waals surface area contributed by atoms with Crippen LogP contribution in [0.2, 0.25) is 5.02 Å². The molecule has 3 aromatic carbocycles. The highest BCUT2D eigenvalue weighted by atomic mass is 79.9. The molecule has 4 rings (SSSR count). The zero-order chi connectivity index (χ0) is 27.6. The van der Waals surface area contributed by atoms with Crippen molar-refractivity contribution in [2.75, 3.05) is 16.8 Å². The van der Waals surface area contributed by atoms with E-state index in [-0.39, 0.29) is 23.6 Å². The van der Waals surface area contributed by atoms with E-state index in [4.69, 9.17) is 16.3 Å². The third-order valence-electron chi connectivity index (χ3n) is 5.62. The second-order valence-corrected chi connectivity index (χ2v) is 10.5. The lowest BCUT2D eigenvalue weighted by molar-refractivity contribution is -0.122. The fourth-order valence-electron chi connectivity index (χ4n) is 3.65. The molecule has 0 atom stereocenters. The zero-order valence-electron chi connectivity index (χ0n) is 20.1. The van der Waals surface area contributed by atoms with Gasteiger partial charge in [-0.2, -0.15) is 0 Å². The van der Waals surface area contributed by atoms with Gasteiger partial charge >= 0.3 is 6.03 Å². The molecule has 11 heteroatoms. The lowest BCUT2D eigenvalue weighted by Crippen LogP contribution is -2.54. The van der Waals surface area contributed by atoms with Gasteiger partial charge in [-0.3, -0.25) is 19.7 Å². The molecule has 194 valence electrons. The molecule has 0 spiro atoms. The van der Waals surface area contributed by atoms with Crippen LogP contribution >= 0.6 is 43.5 Å². The Morgan fingerprint density at radius 1 is 1.05 bits per heavy atom. The minimum Gasteiger partial charge on any atom is -0.482 e. The molecule has 5 amide bonds. The summed E-state index contributed by atoms with van der Waals surface area (Å²) in [4.78, 5) is 52.0. The second-order valence-electron chi connectivity index (χ2n) is 8.35. The normalized spacial score (nSPS) is 14.5. The molecule has 0 aliphatic carbocycles. The number of urea groups is 1. The van der Waals surface area contributed by atoms with Crippen molar-refractivity contribution in [1.29, 1.82) is 0 Å². The maximum absolute atomic E-state index is 13.3. The maximum atomic E-state index is 13.3. The molecule has 1 aliphatic rings. The topological polar surface area (TPSA) is 105 Å². The number of amides is 5. The Bertz CT molecular complexity index is 1520. The van der Waals surface area contributed by atoms with Crippen LogP contribution in [0.3, 0.4) is 0 Å². The van der Waals surface area contributed by atoms with Crippen molar-refractivity contribution in [1.82, 2.24) is 5.32 Å². The molecule has 1 heterocycles. The van der Waals surface area contributed by atoms with E-state index in [0.717, 1.165) is 16.0 Å². The number of halogens is 3. The number of para-hydroxylation sites is 1. The average Bonchev–Trinajstić information content (AvgIpc) is 2.84. The highest BCUT2D eigenvalue weighted by Gasteiger charge is 2.37. The quantitative estimate of drug-likeness (QED) is 0.243. The molecule has 8 nitrogen and oxygen atoms in total. The number of hydrogen-bond donors (Lipinski definition) is 2. The van der Waals surface area contributed by atoms with E-state index in [0.29, 0.717) is 25.2 Å². The Labute approximate surface area is 240 Å². The van der Waals surface area contributed by atoms with Gasteiger partial charge in [-0.1, -0.05) is 51.8 Å². The van der Waals surface area contributed by atoms with Gasteiger partial charge in [0.05, 0.1) is 10.2 Å². The molecule has 0 aromatic heterocycles. The van der Waals surface area contributed by atoms with Crippen molar-refractivity contribution >= 4 is 84.7 Å². The number of nitrogens with one attached hydrogen (secondary N) is 2. The van der Waals surface area contributed by atoms with E-state index < -0.39 is 23.8 Å². The summed E-state index contributed by atoms with van der Waals surface area (Å²) in [5.41, 5.74) is 2.54. The molecular formula is C27H20Br2ClN3O5. The van der Waals surface area contributed by atoms with Gasteiger partial charge in [-0.15, -0.1) is 0 Å². The van der Waals surface area contributed by atoms with E-state index in [9.17, 15) is 19.2 Å². The lowest BCUT2D eigenvalue weighted by atomic mass is 10.1. The number of imide groups is 2. The van der Waals surface area contributed by atoms with Crippen LogP contribution in [0.15, 0.2) is 69.1 Å². The fraction of sp³-hybridized carbons (Fsp3) is 0.111. The van der Waals surface area contributed by atoms with Crippen LogP contribution < -0.4 is 20.3 Å². The van der Waals surface area contributed by atoms with E-state index in [1.165, 1.54) is 12.1 Å². The summed E-state index contributed by atoms with van der Waals surface area (Å²) < 4.78 is 6.90. The van der Waals surface area contributed by atoms with Crippen molar-refractivity contribution < 1.29 is 23.9 Å². The van der Waals surface area contributed by atoms with Crippen LogP contribution in [0.1, 0.15) is 16.7 Å². The zero-order valence-corrected chi connectivity index (χ0v) is 24.0. The fourth-order valence-corrected chi connectivity index (χ4v) is 5.19. The first kappa shape index (κ1) is 27.6. The number of rotatable bonds is 6. The lowest BCUT2D eigenvalue weighted by Gasteiger charge is -2.26. The Hall–Kier alpha value is -3.47. The van der Waals surface area contributed by atoms with Crippen LogP contribution in [0, 0.1) is 13.8 Å². The standard InChI is InChI=1S/C27H20Br2ClN3O5/c1-14-7-8-18(12-21(14)30)33-26(36)19(25(35)32-27(33)37)10-16-9-17(28)11-20(29)24(16)38-13-23(34)31-22-6-4-3-5-15(22)2/h3-12H,13H2,1-2H3,(H,31,34)(H,32,35,37)/b19-10+. The molecule has 2 N–H and O–H groups in total. The number of aryl methyl sites for hydroxylation is 2. The summed E-state index contributed by atoms with van der Waals surface area (Å²) in [5.74, 6) is -1.87. The van der Waals surface area contributed by atoms with Crippen LogP contribution in [-0.2, 0) is 14.4 Å². The highest BCUT2D eigenvalue weighted by molar-refractivity contribution is 9.11. The van der Waals surface area contributed by atoms with Gasteiger partial charge in [0.15, 0.2) is 6.61 Å². The van der Waals surface area contributed by atoms with Gasteiger partial charge in [-0.25, -0.2) is 9.69 Å². The van der Waals surface area contributed by atoms with Crippen molar-refractivity contribution in [2.24, 2.45) is 0 Å². The summed E-state index contributed by atoms with van der Waals surface area (Å²) in [6.45, 7) is 3.32. The number of carbonyl (C=O) groups is 4. The molecule has 0 unspecified atom stereocenters. The Morgan fingerprint density at radius 3 is 2.50 bits per heavy atom. The summed E-state index contributed by atoms with van der Waals surface area (Å²) in [7, 11) is 0. The molecule has 0 saturated carbocycles. The number of carbonyl (C=O) groups excluding carboxylic acids is 4. The molecule has 0 bridgehead atoms. The average molecular weight is 662 g/mol. The summed E-state index contributed by atoms with van der Waals surface area (Å²) in [6, 6.07) is 14.4. The predicted octanol–water partition coefficient (Wildman–Crippen LogP) is 6.17. The molecule has 0 radical (unpaired) electrons. The van der Waals surface area contributed by atoms with Crippen LogP contribution in [0.25, 0.3) is 6.08 Å². The van der Waals surface area contributed by atoms with Gasteiger partial charge in [0.1, 0.15) is 11.3 Å². The number of barbiturate groups is 1. The van der Waals surface area contributed by atoms with Gasteiger partial charge in [0.25, 0.3) is 17.7 Å². The van der Waals surface area contributed by atoms with E-state index in [2.05, 4.69) is 42.5 Å². The molecule has 1 aliphatic heterocycles. The second kappa shape index (κ2) is 11.5. The van der Waals surface area contributed by atoms with Crippen molar-refractivity contribution in [2.45, 2.75) is 13.8 Å². The first-order chi connectivity index (χ1) is 18.0. The molecular weight excluding hydrogens is 642 g/mol. The van der Waals surface area contributed by atoms with Crippen molar-refractivity contribution in [3.05, 3.63) is 90.8 Å². The van der Waals surface area contributed by atoms with Gasteiger partial charge in [0.2, 0.25) is 0 Å². The first-order valence-corrected chi connectivity index (χ1v) is 13.2. The number of nitrogens with zero attached hydrogens (tertiary/aromatic N) is 1. The van der Waals surface area contributed by atoms with E-state index >= 15 is 0 Å². The number of benzene rings is 3. The predicted molar refractivity (Wildman–Crippen MR) is 152 cm³/mol. The largest absolute Gasteiger partial charge is 0.482 e. The summed E-state index contributed by atoms with van der Waals surface area (Å²) >= 11 is 13.0. The smallest absolute Gasteiger partial charge is 0.335 e. The third-order valence-corrected chi connectivity index (χ3v) is 7.07. The van der Waals surface area contributed by atoms with Crippen molar-refractivity contribution in [3.8, 4) is 5.75 Å². The Morgan fingerprint density at radius 2 is 1.79 bits per heavy atom. The summed E-state index contributed by atoms with van der Waals surface area (Å²) in [5, 5.41) is 5.33. The monoisotopic (exact) mass is 659 g/mol. The number of anilines is 2. The Balaban J connectivity index is 1.64. The Kier molecular flexibility index (Phi) is 8.35. The minimum atomic E-state index is -0.892. The maximum Gasteiger partial charge on any atom is 0.335 e. The third kappa shape index (κ3) is 5.98. The number of hydrogen-bond acceptors (Lipinski definition) is 5. The molecule has 38 heavy (non-hydrogen) atoms. The minimum absolute atomic E-state index is 0.210. The molecule has 1 fully saturated rings. The van der Waals surface area contributed by atoms with Gasteiger partial charge in [-0.05, 0) is 77.3 Å². The molecule has 3 aromatic rings. The van der Waals surface area contributed by atoms with Crippen molar-refractivity contribution in [3.63, 3.8) is 0 Å². The van der Waals surface area contributed by atoms with Gasteiger partial charge in [0, 0.05) is 20.7 Å².